The molecular weight excluding hydrogens is 294 g/mol. The molecule has 0 aliphatic heterocycles. The summed E-state index contributed by atoms with van der Waals surface area (Å²) < 4.78 is 26.9. The summed E-state index contributed by atoms with van der Waals surface area (Å²) in [6.45, 7) is 10.3. The van der Waals surface area contributed by atoms with Gasteiger partial charge in [0.15, 0.2) is 0 Å². The van der Waals surface area contributed by atoms with Gasteiger partial charge in [-0.15, -0.1) is 11.6 Å². The highest BCUT2D eigenvalue weighted by molar-refractivity contribution is 7.89. The number of hydrogen-bond acceptors (Lipinski definition) is 2. The van der Waals surface area contributed by atoms with Crippen LogP contribution < -0.4 is 0 Å². The van der Waals surface area contributed by atoms with Crippen LogP contribution in [0.15, 0.2) is 17.0 Å². The summed E-state index contributed by atoms with van der Waals surface area (Å²) >= 11 is 5.85. The molecule has 0 aliphatic rings. The predicted octanol–water partition coefficient (Wildman–Crippen LogP) is 3.71. The zero-order valence-electron chi connectivity index (χ0n) is 13.1. The van der Waals surface area contributed by atoms with Gasteiger partial charge in [-0.25, -0.2) is 12.7 Å². The Labute approximate surface area is 128 Å². The normalized spacial score (nSPS) is 13.0. The van der Waals surface area contributed by atoms with Crippen molar-refractivity contribution in [2.45, 2.75) is 45.4 Å². The minimum atomic E-state index is -3.48. The molecule has 0 saturated heterocycles. The first kappa shape index (κ1) is 17.5. The molecule has 3 nitrogen and oxygen atoms in total. The molecule has 20 heavy (non-hydrogen) atoms. The number of halogens is 1. The van der Waals surface area contributed by atoms with Crippen LogP contribution >= 0.6 is 11.6 Å². The molecule has 5 heteroatoms. The van der Waals surface area contributed by atoms with E-state index in [9.17, 15) is 8.42 Å². The zero-order valence-corrected chi connectivity index (χ0v) is 14.7. The number of hydrogen-bond donors (Lipinski definition) is 0. The number of alkyl halides is 1. The van der Waals surface area contributed by atoms with Gasteiger partial charge in [-0.05, 0) is 42.0 Å². The summed E-state index contributed by atoms with van der Waals surface area (Å²) in [6.07, 6.45) is 0. The zero-order chi connectivity index (χ0) is 15.7. The van der Waals surface area contributed by atoms with Crippen LogP contribution in [0.2, 0.25) is 0 Å². The smallest absolute Gasteiger partial charge is 0.207 e. The number of benzene rings is 1. The van der Waals surface area contributed by atoms with E-state index in [2.05, 4.69) is 0 Å². The third-order valence-corrected chi connectivity index (χ3v) is 5.46. The molecular formula is C15H24ClNO2S. The average Bonchev–Trinajstić information content (AvgIpc) is 2.29. The summed E-state index contributed by atoms with van der Waals surface area (Å²) in [5, 5.41) is 0. The summed E-state index contributed by atoms with van der Waals surface area (Å²) in [6, 6.07) is 3.62. The van der Waals surface area contributed by atoms with Gasteiger partial charge in [0.05, 0.1) is 4.90 Å². The molecule has 1 aromatic carbocycles. The summed E-state index contributed by atoms with van der Waals surface area (Å²) in [5.74, 6) is 0.312. The van der Waals surface area contributed by atoms with Crippen LogP contribution in [0, 0.1) is 19.3 Å². The molecule has 114 valence electrons. The predicted molar refractivity (Wildman–Crippen MR) is 84.7 cm³/mol. The fourth-order valence-corrected chi connectivity index (χ4v) is 4.06. The van der Waals surface area contributed by atoms with E-state index in [-0.39, 0.29) is 5.41 Å². The van der Waals surface area contributed by atoms with Crippen LogP contribution in [-0.4, -0.2) is 26.3 Å². The van der Waals surface area contributed by atoms with Crippen molar-refractivity contribution in [3.63, 3.8) is 0 Å². The van der Waals surface area contributed by atoms with Gasteiger partial charge in [0, 0.05) is 19.5 Å². The monoisotopic (exact) mass is 317 g/mol. The van der Waals surface area contributed by atoms with Gasteiger partial charge in [0.25, 0.3) is 0 Å². The summed E-state index contributed by atoms with van der Waals surface area (Å²) in [7, 11) is -1.86. The van der Waals surface area contributed by atoms with Crippen LogP contribution in [0.1, 0.15) is 37.5 Å². The molecule has 0 unspecified atom stereocenters. The molecule has 0 spiro atoms. The molecule has 0 aliphatic carbocycles. The van der Waals surface area contributed by atoms with E-state index < -0.39 is 10.0 Å². The van der Waals surface area contributed by atoms with E-state index in [1.165, 1.54) is 4.31 Å². The minimum absolute atomic E-state index is 0.0884. The molecule has 0 aromatic heterocycles. The molecule has 0 atom stereocenters. The number of nitrogens with zero attached hydrogens (tertiary/aromatic N) is 1. The first-order valence-corrected chi connectivity index (χ1v) is 8.59. The second-order valence-electron chi connectivity index (χ2n) is 6.49. The third-order valence-electron chi connectivity index (χ3n) is 3.22. The lowest BCUT2D eigenvalue weighted by molar-refractivity contribution is 0.310. The van der Waals surface area contributed by atoms with Gasteiger partial charge >= 0.3 is 0 Å². The van der Waals surface area contributed by atoms with Crippen LogP contribution in [0.25, 0.3) is 0 Å². The van der Waals surface area contributed by atoms with E-state index in [1.54, 1.807) is 13.1 Å². The van der Waals surface area contributed by atoms with Crippen LogP contribution in [-0.2, 0) is 15.9 Å². The molecule has 0 heterocycles. The lowest BCUT2D eigenvalue weighted by Crippen LogP contribution is -2.35. The third kappa shape index (κ3) is 3.96. The van der Waals surface area contributed by atoms with Gasteiger partial charge in [0.2, 0.25) is 10.0 Å². The molecule has 0 fully saturated rings. The number of sulfonamides is 1. The van der Waals surface area contributed by atoms with Gasteiger partial charge in [-0.1, -0.05) is 26.8 Å². The Balaban J connectivity index is 3.32. The second kappa shape index (κ2) is 6.04. The topological polar surface area (TPSA) is 37.4 Å². The maximum absolute atomic E-state index is 12.7. The highest BCUT2D eigenvalue weighted by atomic mass is 35.5. The van der Waals surface area contributed by atoms with Crippen LogP contribution in [0.3, 0.4) is 0 Å². The van der Waals surface area contributed by atoms with Gasteiger partial charge in [-0.3, -0.25) is 0 Å². The highest BCUT2D eigenvalue weighted by Gasteiger charge is 2.27. The molecule has 0 N–H and O–H groups in total. The fraction of sp³-hybridized carbons (Fsp3) is 0.600. The Hall–Kier alpha value is -0.580. The Kier molecular flexibility index (Phi) is 5.28. The van der Waals surface area contributed by atoms with Crippen molar-refractivity contribution in [2.24, 2.45) is 5.41 Å². The molecule has 1 rings (SSSR count). The van der Waals surface area contributed by atoms with Gasteiger partial charge < -0.3 is 0 Å². The average molecular weight is 318 g/mol. The fourth-order valence-electron chi connectivity index (χ4n) is 2.16. The molecule has 0 amide bonds. The second-order valence-corrected chi connectivity index (χ2v) is 8.77. The molecule has 0 bridgehead atoms. The quantitative estimate of drug-likeness (QED) is 0.794. The standard InChI is InChI=1S/C15H24ClNO2S/c1-11-7-13(9-16)8-14(12(11)2)20(18,19)17(6)10-15(3,4)5/h7-8H,9-10H2,1-6H3. The van der Waals surface area contributed by atoms with E-state index >= 15 is 0 Å². The van der Waals surface area contributed by atoms with Crippen LogP contribution in [0.4, 0.5) is 0 Å². The van der Waals surface area contributed by atoms with E-state index in [1.807, 2.05) is 40.7 Å². The van der Waals surface area contributed by atoms with E-state index in [4.69, 9.17) is 11.6 Å². The van der Waals surface area contributed by atoms with E-state index in [0.717, 1.165) is 16.7 Å². The minimum Gasteiger partial charge on any atom is -0.207 e. The van der Waals surface area contributed by atoms with Crippen LogP contribution in [0.5, 0.6) is 0 Å². The molecule has 0 saturated carbocycles. The first-order valence-electron chi connectivity index (χ1n) is 6.61. The van der Waals surface area contributed by atoms with Crippen molar-refractivity contribution < 1.29 is 8.42 Å². The van der Waals surface area contributed by atoms with Crippen molar-refractivity contribution in [2.75, 3.05) is 13.6 Å². The van der Waals surface area contributed by atoms with Crippen molar-refractivity contribution >= 4 is 21.6 Å². The molecule has 0 radical (unpaired) electrons. The summed E-state index contributed by atoms with van der Waals surface area (Å²) in [4.78, 5) is 0.361. The van der Waals surface area contributed by atoms with E-state index in [0.29, 0.717) is 17.3 Å². The Morgan fingerprint density at radius 2 is 1.75 bits per heavy atom. The Morgan fingerprint density at radius 3 is 2.20 bits per heavy atom. The largest absolute Gasteiger partial charge is 0.243 e. The van der Waals surface area contributed by atoms with Crippen molar-refractivity contribution in [3.05, 3.63) is 28.8 Å². The lowest BCUT2D eigenvalue weighted by Gasteiger charge is -2.27. The number of rotatable bonds is 4. The van der Waals surface area contributed by atoms with Crippen molar-refractivity contribution in [3.8, 4) is 0 Å². The SMILES string of the molecule is Cc1cc(CCl)cc(S(=O)(=O)N(C)CC(C)(C)C)c1C. The summed E-state index contributed by atoms with van der Waals surface area (Å²) in [5.41, 5.74) is 2.48. The maximum Gasteiger partial charge on any atom is 0.243 e. The maximum atomic E-state index is 12.7. The van der Waals surface area contributed by atoms with Gasteiger partial charge in [0.1, 0.15) is 0 Å². The Bertz CT molecular complexity index is 589. The lowest BCUT2D eigenvalue weighted by atomic mass is 9.97. The van der Waals surface area contributed by atoms with Crippen molar-refractivity contribution in [1.82, 2.24) is 4.31 Å². The Morgan fingerprint density at radius 1 is 1.20 bits per heavy atom. The van der Waals surface area contributed by atoms with Crippen molar-refractivity contribution in [1.29, 1.82) is 0 Å². The number of aryl methyl sites for hydroxylation is 1. The first-order chi connectivity index (χ1) is 8.99. The molecule has 1 aromatic rings. The van der Waals surface area contributed by atoms with Gasteiger partial charge in [-0.2, -0.15) is 0 Å². The highest BCUT2D eigenvalue weighted by Crippen LogP contribution is 2.26.